The van der Waals surface area contributed by atoms with E-state index in [9.17, 15) is 4.79 Å². The lowest BCUT2D eigenvalue weighted by Crippen LogP contribution is -2.43. The standard InChI is InChI=1S/C16H23N5OS/c1-2-3-8-17-14(22)13-7-6-11-21(12-13)16-19-18-15(23-16)20-9-4-5-10-20/h4-5,9-10,13H,2-3,6-8,11-12H2,1H3,(H,17,22)/t13-/m1/s1. The Balaban J connectivity index is 1.61. The van der Waals surface area contributed by atoms with Gasteiger partial charge in [-0.05, 0) is 31.4 Å². The Kier molecular flexibility index (Phi) is 5.27. The van der Waals surface area contributed by atoms with Gasteiger partial charge in [0.2, 0.25) is 16.2 Å². The Morgan fingerprint density at radius 1 is 1.35 bits per heavy atom. The summed E-state index contributed by atoms with van der Waals surface area (Å²) in [6.45, 7) is 4.59. The third-order valence-electron chi connectivity index (χ3n) is 4.12. The number of amides is 1. The molecule has 1 fully saturated rings. The maximum atomic E-state index is 12.3. The molecule has 1 amide bonds. The highest BCUT2D eigenvalue weighted by Crippen LogP contribution is 2.27. The van der Waals surface area contributed by atoms with Crippen molar-refractivity contribution in [1.82, 2.24) is 20.1 Å². The normalized spacial score (nSPS) is 18.1. The average Bonchev–Trinajstić information content (AvgIpc) is 3.26. The minimum absolute atomic E-state index is 0.0551. The van der Waals surface area contributed by atoms with Gasteiger partial charge in [0.15, 0.2) is 0 Å². The number of aromatic nitrogens is 3. The van der Waals surface area contributed by atoms with Crippen molar-refractivity contribution < 1.29 is 4.79 Å². The van der Waals surface area contributed by atoms with Gasteiger partial charge in [-0.25, -0.2) is 0 Å². The van der Waals surface area contributed by atoms with Crippen LogP contribution in [0.2, 0.25) is 0 Å². The van der Waals surface area contributed by atoms with E-state index in [2.05, 4.69) is 27.3 Å². The molecule has 1 N–H and O–H groups in total. The number of carbonyl (C=O) groups excluding carboxylic acids is 1. The highest BCUT2D eigenvalue weighted by Gasteiger charge is 2.27. The van der Waals surface area contributed by atoms with E-state index in [0.717, 1.165) is 55.6 Å². The van der Waals surface area contributed by atoms with Crippen LogP contribution in [-0.2, 0) is 4.79 Å². The van der Waals surface area contributed by atoms with Gasteiger partial charge >= 0.3 is 0 Å². The first kappa shape index (κ1) is 16.0. The van der Waals surface area contributed by atoms with Crippen LogP contribution in [0.1, 0.15) is 32.6 Å². The summed E-state index contributed by atoms with van der Waals surface area (Å²) >= 11 is 1.57. The maximum absolute atomic E-state index is 12.3. The molecular formula is C16H23N5OS. The van der Waals surface area contributed by atoms with Gasteiger partial charge in [0.05, 0.1) is 5.92 Å². The van der Waals surface area contributed by atoms with Gasteiger partial charge in [0.1, 0.15) is 0 Å². The highest BCUT2D eigenvalue weighted by atomic mass is 32.1. The molecule has 6 nitrogen and oxygen atoms in total. The summed E-state index contributed by atoms with van der Waals surface area (Å²) < 4.78 is 1.96. The van der Waals surface area contributed by atoms with Crippen LogP contribution < -0.4 is 10.2 Å². The molecule has 1 aliphatic rings. The molecule has 1 aliphatic heterocycles. The van der Waals surface area contributed by atoms with E-state index < -0.39 is 0 Å². The van der Waals surface area contributed by atoms with Crippen molar-refractivity contribution in [3.05, 3.63) is 24.5 Å². The van der Waals surface area contributed by atoms with Crippen LogP contribution in [-0.4, -0.2) is 40.3 Å². The van der Waals surface area contributed by atoms with Crippen molar-refractivity contribution in [1.29, 1.82) is 0 Å². The van der Waals surface area contributed by atoms with Gasteiger partial charge in [-0.3, -0.25) is 9.36 Å². The number of rotatable bonds is 6. The predicted octanol–water partition coefficient (Wildman–Crippen LogP) is 2.46. The van der Waals surface area contributed by atoms with Crippen molar-refractivity contribution in [3.8, 4) is 5.13 Å². The Morgan fingerprint density at radius 3 is 2.91 bits per heavy atom. The molecule has 3 heterocycles. The lowest BCUT2D eigenvalue weighted by molar-refractivity contribution is -0.125. The molecular weight excluding hydrogens is 310 g/mol. The first-order chi connectivity index (χ1) is 11.3. The summed E-state index contributed by atoms with van der Waals surface area (Å²) in [5.74, 6) is 0.234. The van der Waals surface area contributed by atoms with Crippen LogP contribution in [0.25, 0.3) is 5.13 Å². The van der Waals surface area contributed by atoms with Gasteiger partial charge in [-0.2, -0.15) is 0 Å². The molecule has 2 aromatic heterocycles. The molecule has 0 bridgehead atoms. The molecule has 0 aromatic carbocycles. The van der Waals surface area contributed by atoms with Crippen LogP contribution in [0.4, 0.5) is 5.13 Å². The fraction of sp³-hybridized carbons (Fsp3) is 0.562. The Labute approximate surface area is 140 Å². The summed E-state index contributed by atoms with van der Waals surface area (Å²) in [5.41, 5.74) is 0. The van der Waals surface area contributed by atoms with Gasteiger partial charge < -0.3 is 10.2 Å². The zero-order valence-electron chi connectivity index (χ0n) is 13.4. The monoisotopic (exact) mass is 333 g/mol. The quantitative estimate of drug-likeness (QED) is 0.825. The Bertz CT molecular complexity index is 624. The molecule has 0 aliphatic carbocycles. The molecule has 2 aromatic rings. The van der Waals surface area contributed by atoms with Crippen molar-refractivity contribution in [2.45, 2.75) is 32.6 Å². The number of carbonyl (C=O) groups is 1. The van der Waals surface area contributed by atoms with E-state index in [4.69, 9.17) is 0 Å². The van der Waals surface area contributed by atoms with Crippen LogP contribution in [0.3, 0.4) is 0 Å². The third-order valence-corrected chi connectivity index (χ3v) is 5.12. The number of anilines is 1. The van der Waals surface area contributed by atoms with Crippen LogP contribution in [0.5, 0.6) is 0 Å². The van der Waals surface area contributed by atoms with Crippen molar-refractivity contribution in [3.63, 3.8) is 0 Å². The van der Waals surface area contributed by atoms with Gasteiger partial charge in [0.25, 0.3) is 0 Å². The topological polar surface area (TPSA) is 63.1 Å². The largest absolute Gasteiger partial charge is 0.356 e. The molecule has 0 radical (unpaired) electrons. The molecule has 0 spiro atoms. The lowest BCUT2D eigenvalue weighted by Gasteiger charge is -2.31. The molecule has 124 valence electrons. The van der Waals surface area contributed by atoms with E-state index in [1.807, 2.05) is 29.1 Å². The first-order valence-corrected chi connectivity index (χ1v) is 9.09. The van der Waals surface area contributed by atoms with E-state index in [-0.39, 0.29) is 11.8 Å². The second-order valence-electron chi connectivity index (χ2n) is 5.89. The molecule has 1 atom stereocenters. The van der Waals surface area contributed by atoms with Crippen molar-refractivity contribution in [2.75, 3.05) is 24.5 Å². The molecule has 3 rings (SSSR count). The number of hydrogen-bond acceptors (Lipinski definition) is 5. The number of unbranched alkanes of at least 4 members (excludes halogenated alkanes) is 1. The lowest BCUT2D eigenvalue weighted by atomic mass is 9.97. The summed E-state index contributed by atoms with van der Waals surface area (Å²) in [6.07, 6.45) is 8.04. The minimum atomic E-state index is 0.0551. The molecule has 23 heavy (non-hydrogen) atoms. The fourth-order valence-corrected chi connectivity index (χ4v) is 3.65. The smallest absolute Gasteiger partial charge is 0.224 e. The molecule has 0 saturated carbocycles. The molecule has 1 saturated heterocycles. The van der Waals surface area contributed by atoms with Crippen molar-refractivity contribution >= 4 is 22.4 Å². The third kappa shape index (κ3) is 3.90. The Hall–Kier alpha value is -1.89. The average molecular weight is 333 g/mol. The zero-order chi connectivity index (χ0) is 16.1. The number of nitrogens with one attached hydrogen (secondary N) is 1. The predicted molar refractivity (Wildman–Crippen MR) is 92.1 cm³/mol. The van der Waals surface area contributed by atoms with Crippen LogP contribution in [0.15, 0.2) is 24.5 Å². The van der Waals surface area contributed by atoms with Gasteiger partial charge in [-0.15, -0.1) is 10.2 Å². The second-order valence-corrected chi connectivity index (χ2v) is 6.82. The van der Waals surface area contributed by atoms with Crippen LogP contribution >= 0.6 is 11.3 Å². The summed E-state index contributed by atoms with van der Waals surface area (Å²) in [5, 5.41) is 13.4. The second kappa shape index (κ2) is 7.59. The van der Waals surface area contributed by atoms with Gasteiger partial charge in [0, 0.05) is 32.0 Å². The van der Waals surface area contributed by atoms with E-state index in [0.29, 0.717) is 0 Å². The maximum Gasteiger partial charge on any atom is 0.224 e. The van der Waals surface area contributed by atoms with E-state index in [1.165, 1.54) is 0 Å². The van der Waals surface area contributed by atoms with Crippen LogP contribution in [0, 0.1) is 5.92 Å². The SMILES string of the molecule is CCCCNC(=O)[C@@H]1CCCN(c2nnc(-n3cccc3)s2)C1. The minimum Gasteiger partial charge on any atom is -0.356 e. The summed E-state index contributed by atoms with van der Waals surface area (Å²) in [6, 6.07) is 3.94. The van der Waals surface area contributed by atoms with Gasteiger partial charge in [-0.1, -0.05) is 24.7 Å². The van der Waals surface area contributed by atoms with Crippen molar-refractivity contribution in [2.24, 2.45) is 5.92 Å². The zero-order valence-corrected chi connectivity index (χ0v) is 14.3. The van der Waals surface area contributed by atoms with E-state index >= 15 is 0 Å². The number of nitrogens with zero attached hydrogens (tertiary/aromatic N) is 4. The number of hydrogen-bond donors (Lipinski definition) is 1. The summed E-state index contributed by atoms with van der Waals surface area (Å²) in [4.78, 5) is 14.5. The van der Waals surface area contributed by atoms with E-state index in [1.54, 1.807) is 11.3 Å². The summed E-state index contributed by atoms with van der Waals surface area (Å²) in [7, 11) is 0. The first-order valence-electron chi connectivity index (χ1n) is 8.27. The number of piperidine rings is 1. The highest BCUT2D eigenvalue weighted by molar-refractivity contribution is 7.17. The molecule has 0 unspecified atom stereocenters. The fourth-order valence-electron chi connectivity index (χ4n) is 2.80. The molecule has 7 heteroatoms. The Morgan fingerprint density at radius 2 is 2.13 bits per heavy atom.